The molecular weight excluding hydrogens is 250 g/mol. The third-order valence-corrected chi connectivity index (χ3v) is 4.13. The molecule has 3 heteroatoms. The maximum atomic E-state index is 10.4. The summed E-state index contributed by atoms with van der Waals surface area (Å²) in [6, 6.07) is 8.85. The molecule has 0 aromatic heterocycles. The number of hydrogen-bond donors (Lipinski definition) is 1. The van der Waals surface area contributed by atoms with Crippen molar-refractivity contribution in [3.8, 4) is 0 Å². The van der Waals surface area contributed by atoms with Gasteiger partial charge in [0.1, 0.15) is 0 Å². The highest BCUT2D eigenvalue weighted by Gasteiger charge is 2.23. The van der Waals surface area contributed by atoms with Gasteiger partial charge in [0.2, 0.25) is 0 Å². The number of aliphatic hydroxyl groups is 1. The fraction of sp³-hybridized carbons (Fsp3) is 0.647. The summed E-state index contributed by atoms with van der Waals surface area (Å²) in [6.07, 6.45) is 2.94. The summed E-state index contributed by atoms with van der Waals surface area (Å²) in [5.74, 6) is 0. The highest BCUT2D eigenvalue weighted by molar-refractivity contribution is 5.24. The topological polar surface area (TPSA) is 32.7 Å². The van der Waals surface area contributed by atoms with Crippen LogP contribution in [0.4, 0.5) is 0 Å². The van der Waals surface area contributed by atoms with Crippen molar-refractivity contribution < 1.29 is 9.84 Å². The molecule has 1 saturated heterocycles. The van der Waals surface area contributed by atoms with Crippen LogP contribution >= 0.6 is 0 Å². The van der Waals surface area contributed by atoms with Gasteiger partial charge in [-0.05, 0) is 24.0 Å². The van der Waals surface area contributed by atoms with E-state index in [0.717, 1.165) is 44.6 Å². The van der Waals surface area contributed by atoms with Gasteiger partial charge >= 0.3 is 0 Å². The fourth-order valence-electron chi connectivity index (χ4n) is 2.83. The van der Waals surface area contributed by atoms with Crippen LogP contribution in [0.15, 0.2) is 24.3 Å². The Kier molecular flexibility index (Phi) is 6.02. The number of aryl methyl sites for hydroxylation is 1. The molecule has 1 N–H and O–H groups in total. The van der Waals surface area contributed by atoms with Crippen molar-refractivity contribution >= 4 is 0 Å². The van der Waals surface area contributed by atoms with Crippen molar-refractivity contribution in [2.24, 2.45) is 0 Å². The van der Waals surface area contributed by atoms with Gasteiger partial charge in [-0.2, -0.15) is 0 Å². The Balaban J connectivity index is 1.94. The van der Waals surface area contributed by atoms with E-state index in [2.05, 4.69) is 43.0 Å². The van der Waals surface area contributed by atoms with Crippen LogP contribution in [-0.4, -0.2) is 42.4 Å². The SMILES string of the molecule is CCCc1ccc(C(O)CN2CCOCC2CC)cc1. The van der Waals surface area contributed by atoms with Crippen LogP contribution in [-0.2, 0) is 11.2 Å². The third-order valence-electron chi connectivity index (χ3n) is 4.13. The second-order valence-electron chi connectivity index (χ2n) is 5.64. The summed E-state index contributed by atoms with van der Waals surface area (Å²) in [5, 5.41) is 10.4. The summed E-state index contributed by atoms with van der Waals surface area (Å²) >= 11 is 0. The van der Waals surface area contributed by atoms with Crippen LogP contribution in [0, 0.1) is 0 Å². The lowest BCUT2D eigenvalue weighted by atomic mass is 10.0. The van der Waals surface area contributed by atoms with Crippen molar-refractivity contribution in [2.45, 2.75) is 45.3 Å². The van der Waals surface area contributed by atoms with Crippen molar-refractivity contribution in [3.05, 3.63) is 35.4 Å². The zero-order valence-electron chi connectivity index (χ0n) is 12.7. The Hall–Kier alpha value is -0.900. The molecule has 0 amide bonds. The van der Waals surface area contributed by atoms with Gasteiger partial charge in [-0.3, -0.25) is 4.90 Å². The maximum Gasteiger partial charge on any atom is 0.0917 e. The molecule has 1 aliphatic heterocycles. The van der Waals surface area contributed by atoms with E-state index in [0.29, 0.717) is 12.6 Å². The van der Waals surface area contributed by atoms with Gasteiger partial charge in [-0.25, -0.2) is 0 Å². The second kappa shape index (κ2) is 7.77. The van der Waals surface area contributed by atoms with Crippen LogP contribution in [0.5, 0.6) is 0 Å². The Morgan fingerprint density at radius 2 is 2.05 bits per heavy atom. The van der Waals surface area contributed by atoms with Crippen LogP contribution < -0.4 is 0 Å². The average molecular weight is 277 g/mol. The summed E-state index contributed by atoms with van der Waals surface area (Å²) < 4.78 is 5.51. The molecule has 1 aliphatic rings. The Labute approximate surface area is 122 Å². The number of aliphatic hydroxyl groups excluding tert-OH is 1. The van der Waals surface area contributed by atoms with E-state index in [9.17, 15) is 5.11 Å². The first kappa shape index (κ1) is 15.5. The van der Waals surface area contributed by atoms with Gasteiger partial charge in [0.25, 0.3) is 0 Å². The molecule has 0 bridgehead atoms. The third kappa shape index (κ3) is 4.05. The molecule has 3 nitrogen and oxygen atoms in total. The van der Waals surface area contributed by atoms with Gasteiger partial charge < -0.3 is 9.84 Å². The van der Waals surface area contributed by atoms with Crippen molar-refractivity contribution in [1.82, 2.24) is 4.90 Å². The molecule has 0 radical (unpaired) electrons. The molecule has 1 aromatic carbocycles. The molecule has 112 valence electrons. The number of β-amino-alcohol motifs (C(OH)–C–C–N with tert-alkyl or cyclic N) is 1. The van der Waals surface area contributed by atoms with Crippen molar-refractivity contribution in [3.63, 3.8) is 0 Å². The first-order chi connectivity index (χ1) is 9.74. The number of hydrogen-bond acceptors (Lipinski definition) is 3. The minimum Gasteiger partial charge on any atom is -0.387 e. The number of benzene rings is 1. The van der Waals surface area contributed by atoms with E-state index in [1.165, 1.54) is 5.56 Å². The molecule has 1 heterocycles. The highest BCUT2D eigenvalue weighted by atomic mass is 16.5. The molecule has 20 heavy (non-hydrogen) atoms. The minimum absolute atomic E-state index is 0.405. The largest absolute Gasteiger partial charge is 0.387 e. The van der Waals surface area contributed by atoms with Gasteiger partial charge in [-0.15, -0.1) is 0 Å². The molecule has 1 aromatic rings. The van der Waals surface area contributed by atoms with Gasteiger partial charge in [0.05, 0.1) is 19.3 Å². The van der Waals surface area contributed by atoms with E-state index in [1.54, 1.807) is 0 Å². The summed E-state index contributed by atoms with van der Waals surface area (Å²) in [6.45, 7) is 7.56. The van der Waals surface area contributed by atoms with Gasteiger partial charge in [0, 0.05) is 19.1 Å². The Morgan fingerprint density at radius 1 is 1.30 bits per heavy atom. The monoisotopic (exact) mass is 277 g/mol. The number of nitrogens with zero attached hydrogens (tertiary/aromatic N) is 1. The highest BCUT2D eigenvalue weighted by Crippen LogP contribution is 2.19. The molecule has 0 spiro atoms. The smallest absolute Gasteiger partial charge is 0.0917 e. The normalized spacial score (nSPS) is 21.9. The van der Waals surface area contributed by atoms with E-state index in [1.807, 2.05) is 0 Å². The maximum absolute atomic E-state index is 10.4. The first-order valence-electron chi connectivity index (χ1n) is 7.83. The van der Waals surface area contributed by atoms with E-state index >= 15 is 0 Å². The zero-order chi connectivity index (χ0) is 14.4. The van der Waals surface area contributed by atoms with E-state index in [4.69, 9.17) is 4.74 Å². The Bertz CT molecular complexity index is 390. The van der Waals surface area contributed by atoms with Crippen molar-refractivity contribution in [1.29, 1.82) is 0 Å². The van der Waals surface area contributed by atoms with Crippen LogP contribution in [0.2, 0.25) is 0 Å². The molecular formula is C17H27NO2. The van der Waals surface area contributed by atoms with Crippen LogP contribution in [0.25, 0.3) is 0 Å². The fourth-order valence-corrected chi connectivity index (χ4v) is 2.83. The lowest BCUT2D eigenvalue weighted by molar-refractivity contribution is -0.0277. The zero-order valence-corrected chi connectivity index (χ0v) is 12.7. The van der Waals surface area contributed by atoms with Crippen LogP contribution in [0.1, 0.15) is 43.9 Å². The summed E-state index contributed by atoms with van der Waals surface area (Å²) in [5.41, 5.74) is 2.37. The lowest BCUT2D eigenvalue weighted by Crippen LogP contribution is -2.46. The molecule has 0 saturated carbocycles. The van der Waals surface area contributed by atoms with E-state index in [-0.39, 0.29) is 0 Å². The number of rotatable bonds is 6. The Morgan fingerprint density at radius 3 is 2.70 bits per heavy atom. The number of morpholine rings is 1. The van der Waals surface area contributed by atoms with E-state index < -0.39 is 6.10 Å². The molecule has 2 unspecified atom stereocenters. The van der Waals surface area contributed by atoms with Gasteiger partial charge in [0.15, 0.2) is 0 Å². The average Bonchev–Trinajstić information content (AvgIpc) is 2.49. The standard InChI is InChI=1S/C17H27NO2/c1-3-5-14-6-8-15(9-7-14)17(19)12-18-10-11-20-13-16(18)4-2/h6-9,16-17,19H,3-5,10-13H2,1-2H3. The van der Waals surface area contributed by atoms with Crippen molar-refractivity contribution in [2.75, 3.05) is 26.3 Å². The first-order valence-corrected chi connectivity index (χ1v) is 7.83. The molecule has 0 aliphatic carbocycles. The molecule has 1 fully saturated rings. The number of ether oxygens (including phenoxy) is 1. The predicted octanol–water partition coefficient (Wildman–Crippen LogP) is 2.78. The summed E-state index contributed by atoms with van der Waals surface area (Å²) in [4.78, 5) is 2.36. The summed E-state index contributed by atoms with van der Waals surface area (Å²) in [7, 11) is 0. The molecule has 2 atom stereocenters. The minimum atomic E-state index is -0.405. The predicted molar refractivity (Wildman–Crippen MR) is 81.9 cm³/mol. The van der Waals surface area contributed by atoms with Gasteiger partial charge in [-0.1, -0.05) is 44.5 Å². The quantitative estimate of drug-likeness (QED) is 0.868. The lowest BCUT2D eigenvalue weighted by Gasteiger charge is -2.36. The molecule has 2 rings (SSSR count). The second-order valence-corrected chi connectivity index (χ2v) is 5.64. The van der Waals surface area contributed by atoms with Crippen LogP contribution in [0.3, 0.4) is 0 Å².